The van der Waals surface area contributed by atoms with Crippen LogP contribution in [0.3, 0.4) is 0 Å². The van der Waals surface area contributed by atoms with E-state index in [0.717, 1.165) is 0 Å². The zero-order chi connectivity index (χ0) is 12.6. The largest absolute Gasteiger partial charge is 0.388 e. The Morgan fingerprint density at radius 2 is 2.00 bits per heavy atom. The molecular weight excluding hydrogens is 206 g/mol. The van der Waals surface area contributed by atoms with Crippen LogP contribution < -0.4 is 5.32 Å². The summed E-state index contributed by atoms with van der Waals surface area (Å²) in [6.45, 7) is 6.86. The van der Waals surface area contributed by atoms with Crippen LogP contribution in [0.5, 0.6) is 0 Å². The molecule has 90 valence electrons. The number of aliphatic hydroxyl groups is 1. The van der Waals surface area contributed by atoms with Crippen LogP contribution in [0.2, 0.25) is 0 Å². The van der Waals surface area contributed by atoms with Crippen molar-refractivity contribution in [2.45, 2.75) is 38.8 Å². The van der Waals surface area contributed by atoms with Crippen molar-refractivity contribution in [3.8, 4) is 0 Å². The van der Waals surface area contributed by atoms with Crippen LogP contribution in [-0.2, 0) is 7.05 Å². The highest BCUT2D eigenvalue weighted by molar-refractivity contribution is 5.92. The van der Waals surface area contributed by atoms with Crippen molar-refractivity contribution < 1.29 is 9.90 Å². The molecule has 0 bridgehead atoms. The smallest absolute Gasteiger partial charge is 0.272 e. The molecule has 1 amide bonds. The maximum atomic E-state index is 11.8. The lowest BCUT2D eigenvalue weighted by Crippen LogP contribution is -2.57. The third kappa shape index (κ3) is 2.61. The molecule has 0 radical (unpaired) electrons. The van der Waals surface area contributed by atoms with Gasteiger partial charge in [0.05, 0.1) is 11.1 Å². The Bertz CT molecular complexity index is 388. The summed E-state index contributed by atoms with van der Waals surface area (Å²) in [5, 5.41) is 16.7. The summed E-state index contributed by atoms with van der Waals surface area (Å²) in [5.74, 6) is -0.285. The molecule has 0 spiro atoms. The van der Waals surface area contributed by atoms with Crippen molar-refractivity contribution in [3.05, 3.63) is 18.0 Å². The van der Waals surface area contributed by atoms with Gasteiger partial charge in [0.25, 0.3) is 5.91 Å². The molecule has 0 aromatic carbocycles. The molecule has 0 atom stereocenters. The van der Waals surface area contributed by atoms with Gasteiger partial charge in [0.1, 0.15) is 5.69 Å². The molecule has 0 saturated carbocycles. The second kappa shape index (κ2) is 3.90. The molecule has 2 N–H and O–H groups in total. The van der Waals surface area contributed by atoms with E-state index in [0.29, 0.717) is 5.69 Å². The van der Waals surface area contributed by atoms with E-state index in [2.05, 4.69) is 10.4 Å². The first-order valence-electron chi connectivity index (χ1n) is 5.18. The van der Waals surface area contributed by atoms with Crippen molar-refractivity contribution in [1.82, 2.24) is 15.1 Å². The van der Waals surface area contributed by atoms with Crippen molar-refractivity contribution in [2.75, 3.05) is 0 Å². The predicted octanol–water partition coefficient (Wildman–Crippen LogP) is 0.699. The molecule has 0 unspecified atom stereocenters. The van der Waals surface area contributed by atoms with Gasteiger partial charge >= 0.3 is 0 Å². The molecular formula is C11H19N3O2. The van der Waals surface area contributed by atoms with E-state index in [9.17, 15) is 9.90 Å². The minimum Gasteiger partial charge on any atom is -0.388 e. The number of hydrogen-bond acceptors (Lipinski definition) is 3. The molecule has 0 aliphatic carbocycles. The number of aromatic nitrogens is 2. The van der Waals surface area contributed by atoms with Crippen LogP contribution in [0.15, 0.2) is 12.3 Å². The number of hydrogen-bond donors (Lipinski definition) is 2. The maximum absolute atomic E-state index is 11.8. The molecule has 5 nitrogen and oxygen atoms in total. The fourth-order valence-corrected chi connectivity index (χ4v) is 1.04. The van der Waals surface area contributed by atoms with E-state index >= 15 is 0 Å². The Labute approximate surface area is 95.5 Å². The number of nitrogens with one attached hydrogen (secondary N) is 1. The first-order valence-corrected chi connectivity index (χ1v) is 5.18. The normalized spacial score (nSPS) is 12.6. The van der Waals surface area contributed by atoms with Crippen molar-refractivity contribution >= 4 is 5.91 Å². The number of rotatable bonds is 3. The van der Waals surface area contributed by atoms with E-state index in [-0.39, 0.29) is 5.91 Å². The first kappa shape index (κ1) is 12.7. The Hall–Kier alpha value is -1.36. The van der Waals surface area contributed by atoms with E-state index in [1.54, 1.807) is 51.7 Å². The highest BCUT2D eigenvalue weighted by atomic mass is 16.3. The summed E-state index contributed by atoms with van der Waals surface area (Å²) in [6, 6.07) is 1.63. The minimum absolute atomic E-state index is 0.285. The highest BCUT2D eigenvalue weighted by Crippen LogP contribution is 2.20. The molecule has 1 aromatic rings. The molecule has 0 fully saturated rings. The average molecular weight is 225 g/mol. The lowest BCUT2D eigenvalue weighted by molar-refractivity contribution is -0.00303. The summed E-state index contributed by atoms with van der Waals surface area (Å²) in [6.07, 6.45) is 1.70. The summed E-state index contributed by atoms with van der Waals surface area (Å²) >= 11 is 0. The Balaban J connectivity index is 2.79. The zero-order valence-electron chi connectivity index (χ0n) is 10.4. The van der Waals surface area contributed by atoms with Gasteiger partial charge < -0.3 is 10.4 Å². The first-order chi connectivity index (χ1) is 7.13. The molecule has 0 aliphatic rings. The van der Waals surface area contributed by atoms with Crippen LogP contribution in [0.1, 0.15) is 38.2 Å². The molecule has 0 aliphatic heterocycles. The number of aryl methyl sites for hydroxylation is 1. The fraction of sp³-hybridized carbons (Fsp3) is 0.636. The SMILES string of the molecule is Cn1ccc(C(=O)NC(C)(C)C(C)(C)O)n1. The molecule has 16 heavy (non-hydrogen) atoms. The van der Waals surface area contributed by atoms with Crippen LogP contribution in [-0.4, -0.2) is 31.9 Å². The Kier molecular flexibility index (Phi) is 3.10. The molecule has 5 heteroatoms. The standard InChI is InChI=1S/C11H19N3O2/c1-10(2,11(3,4)16)12-9(15)8-6-7-14(5)13-8/h6-7,16H,1-5H3,(H,12,15). The summed E-state index contributed by atoms with van der Waals surface area (Å²) < 4.78 is 1.56. The maximum Gasteiger partial charge on any atom is 0.272 e. The third-order valence-corrected chi connectivity index (χ3v) is 2.90. The van der Waals surface area contributed by atoms with Gasteiger partial charge in [-0.15, -0.1) is 0 Å². The van der Waals surface area contributed by atoms with Gasteiger partial charge in [-0.25, -0.2) is 0 Å². The van der Waals surface area contributed by atoms with Crippen LogP contribution in [0.25, 0.3) is 0 Å². The zero-order valence-corrected chi connectivity index (χ0v) is 10.4. The average Bonchev–Trinajstić information content (AvgIpc) is 2.48. The van der Waals surface area contributed by atoms with E-state index in [1.165, 1.54) is 0 Å². The van der Waals surface area contributed by atoms with Gasteiger partial charge in [0.15, 0.2) is 0 Å². The van der Waals surface area contributed by atoms with E-state index < -0.39 is 11.1 Å². The minimum atomic E-state index is -1.00. The summed E-state index contributed by atoms with van der Waals surface area (Å²) in [7, 11) is 1.75. The Morgan fingerprint density at radius 1 is 1.44 bits per heavy atom. The van der Waals surface area contributed by atoms with Gasteiger partial charge in [-0.3, -0.25) is 9.48 Å². The molecule has 1 aromatic heterocycles. The second-order valence-corrected chi connectivity index (χ2v) is 5.01. The van der Waals surface area contributed by atoms with Gasteiger partial charge in [-0.05, 0) is 33.8 Å². The predicted molar refractivity (Wildman–Crippen MR) is 61.1 cm³/mol. The summed E-state index contributed by atoms with van der Waals surface area (Å²) in [5.41, 5.74) is -1.38. The lowest BCUT2D eigenvalue weighted by atomic mass is 9.86. The number of carbonyl (C=O) groups excluding carboxylic acids is 1. The van der Waals surface area contributed by atoms with Crippen LogP contribution >= 0.6 is 0 Å². The highest BCUT2D eigenvalue weighted by Gasteiger charge is 2.36. The fourth-order valence-electron chi connectivity index (χ4n) is 1.04. The molecule has 0 saturated heterocycles. The van der Waals surface area contributed by atoms with Gasteiger partial charge in [-0.2, -0.15) is 5.10 Å². The molecule has 1 rings (SSSR count). The quantitative estimate of drug-likeness (QED) is 0.795. The van der Waals surface area contributed by atoms with Gasteiger partial charge in [0.2, 0.25) is 0 Å². The van der Waals surface area contributed by atoms with Crippen molar-refractivity contribution in [1.29, 1.82) is 0 Å². The van der Waals surface area contributed by atoms with Crippen molar-refractivity contribution in [2.24, 2.45) is 7.05 Å². The lowest BCUT2D eigenvalue weighted by Gasteiger charge is -2.37. The number of nitrogens with zero attached hydrogens (tertiary/aromatic N) is 2. The second-order valence-electron chi connectivity index (χ2n) is 5.01. The van der Waals surface area contributed by atoms with E-state index in [1.807, 2.05) is 0 Å². The monoisotopic (exact) mass is 225 g/mol. The molecule has 1 heterocycles. The summed E-state index contributed by atoms with van der Waals surface area (Å²) in [4.78, 5) is 11.8. The van der Waals surface area contributed by atoms with E-state index in [4.69, 9.17) is 0 Å². The topological polar surface area (TPSA) is 67.2 Å². The van der Waals surface area contributed by atoms with Gasteiger partial charge in [0, 0.05) is 13.2 Å². The number of carbonyl (C=O) groups is 1. The van der Waals surface area contributed by atoms with Gasteiger partial charge in [-0.1, -0.05) is 0 Å². The van der Waals surface area contributed by atoms with Crippen LogP contribution in [0, 0.1) is 0 Å². The Morgan fingerprint density at radius 3 is 2.38 bits per heavy atom. The third-order valence-electron chi connectivity index (χ3n) is 2.90. The number of amides is 1. The van der Waals surface area contributed by atoms with Crippen LogP contribution in [0.4, 0.5) is 0 Å². The van der Waals surface area contributed by atoms with Crippen molar-refractivity contribution in [3.63, 3.8) is 0 Å².